The lowest BCUT2D eigenvalue weighted by Gasteiger charge is -2.36. The average Bonchev–Trinajstić information content (AvgIpc) is 3.35. The molecule has 1 aromatic carbocycles. The second kappa shape index (κ2) is 13.8. The van der Waals surface area contributed by atoms with Crippen molar-refractivity contribution >= 4 is 39.1 Å². The lowest BCUT2D eigenvalue weighted by atomic mass is 10.3. The standard InChI is InChI=1S/C27H41N9O3S2/c1-20-19-23(32-31-20)28-25-24(39-6)26(36-15-13-35(14-16-36)12-11-33(2)3)30-27(29-25)40-21-7-9-22(10-8-21)41(37,38)18-17-34(4)5/h7-10,19H,11-18H2,1-6H3,(H2,28,29,30,31,32). The zero-order chi connectivity index (χ0) is 29.6. The fourth-order valence-electron chi connectivity index (χ4n) is 4.32. The highest BCUT2D eigenvalue weighted by atomic mass is 32.2. The predicted molar refractivity (Wildman–Crippen MR) is 164 cm³/mol. The molecule has 2 N–H and O–H groups in total. The number of anilines is 3. The van der Waals surface area contributed by atoms with Gasteiger partial charge in [0, 0.05) is 62.5 Å². The van der Waals surface area contributed by atoms with Crippen LogP contribution in [-0.2, 0) is 9.84 Å². The van der Waals surface area contributed by atoms with Gasteiger partial charge in [-0.05, 0) is 71.1 Å². The summed E-state index contributed by atoms with van der Waals surface area (Å²) in [5, 5.41) is 11.1. The number of hydrogen-bond donors (Lipinski definition) is 2. The van der Waals surface area contributed by atoms with E-state index in [4.69, 9.17) is 14.7 Å². The molecule has 0 aliphatic carbocycles. The number of aromatic nitrogens is 4. The third-order valence-electron chi connectivity index (χ3n) is 6.72. The van der Waals surface area contributed by atoms with Crippen molar-refractivity contribution in [3.05, 3.63) is 36.0 Å². The summed E-state index contributed by atoms with van der Waals surface area (Å²) in [6, 6.07) is 8.79. The molecule has 1 saturated heterocycles. The van der Waals surface area contributed by atoms with Crippen molar-refractivity contribution in [1.29, 1.82) is 0 Å². The third-order valence-corrected chi connectivity index (χ3v) is 9.30. The number of aromatic amines is 1. The molecule has 1 aliphatic rings. The van der Waals surface area contributed by atoms with Crippen molar-refractivity contribution in [2.24, 2.45) is 0 Å². The maximum Gasteiger partial charge on any atom is 0.204 e. The van der Waals surface area contributed by atoms with Gasteiger partial charge in [0.2, 0.25) is 5.75 Å². The molecule has 0 radical (unpaired) electrons. The molecule has 0 bridgehead atoms. The summed E-state index contributed by atoms with van der Waals surface area (Å²) in [4.78, 5) is 19.6. The molecule has 0 amide bonds. The van der Waals surface area contributed by atoms with Gasteiger partial charge in [-0.15, -0.1) is 0 Å². The Morgan fingerprint density at radius 3 is 2.29 bits per heavy atom. The largest absolute Gasteiger partial charge is 0.490 e. The molecular formula is C27H41N9O3S2. The summed E-state index contributed by atoms with van der Waals surface area (Å²) in [5.74, 6) is 2.49. The number of nitrogens with one attached hydrogen (secondary N) is 2. The van der Waals surface area contributed by atoms with Crippen molar-refractivity contribution in [2.75, 3.05) is 97.1 Å². The summed E-state index contributed by atoms with van der Waals surface area (Å²) in [6.45, 7) is 7.91. The number of H-pyrrole nitrogens is 1. The molecule has 4 rings (SSSR count). The minimum Gasteiger partial charge on any atom is -0.490 e. The molecule has 0 saturated carbocycles. The normalized spacial score (nSPS) is 14.7. The van der Waals surface area contributed by atoms with Gasteiger partial charge in [-0.3, -0.25) is 10.00 Å². The predicted octanol–water partition coefficient (Wildman–Crippen LogP) is 2.43. The number of rotatable bonds is 13. The van der Waals surface area contributed by atoms with E-state index in [1.54, 1.807) is 31.4 Å². The highest BCUT2D eigenvalue weighted by molar-refractivity contribution is 7.99. The number of likely N-dealkylation sites (N-methyl/N-ethyl adjacent to an activating group) is 1. The molecule has 14 heteroatoms. The Balaban J connectivity index is 1.59. The van der Waals surface area contributed by atoms with E-state index in [1.165, 1.54) is 11.8 Å². The monoisotopic (exact) mass is 603 g/mol. The molecule has 3 aromatic rings. The zero-order valence-electron chi connectivity index (χ0n) is 24.7. The number of hydrogen-bond acceptors (Lipinski definition) is 12. The average molecular weight is 604 g/mol. The van der Waals surface area contributed by atoms with Crippen molar-refractivity contribution in [1.82, 2.24) is 34.9 Å². The van der Waals surface area contributed by atoms with E-state index in [2.05, 4.69) is 44.3 Å². The molecule has 0 atom stereocenters. The van der Waals surface area contributed by atoms with E-state index in [9.17, 15) is 8.42 Å². The van der Waals surface area contributed by atoms with E-state index >= 15 is 0 Å². The van der Waals surface area contributed by atoms with Crippen LogP contribution in [0.25, 0.3) is 0 Å². The minimum atomic E-state index is -3.36. The highest BCUT2D eigenvalue weighted by Gasteiger charge is 2.25. The van der Waals surface area contributed by atoms with E-state index < -0.39 is 9.84 Å². The first-order valence-electron chi connectivity index (χ1n) is 13.6. The summed E-state index contributed by atoms with van der Waals surface area (Å²) < 4.78 is 31.3. The molecule has 3 heterocycles. The second-order valence-corrected chi connectivity index (χ2v) is 13.8. The van der Waals surface area contributed by atoms with E-state index in [1.807, 2.05) is 32.0 Å². The van der Waals surface area contributed by atoms with Gasteiger partial charge in [0.25, 0.3) is 0 Å². The topological polar surface area (TPSA) is 123 Å². The van der Waals surface area contributed by atoms with Crippen molar-refractivity contribution < 1.29 is 13.2 Å². The highest BCUT2D eigenvalue weighted by Crippen LogP contribution is 2.38. The van der Waals surface area contributed by atoms with Gasteiger partial charge in [-0.2, -0.15) is 5.10 Å². The van der Waals surface area contributed by atoms with Crippen LogP contribution in [-0.4, -0.2) is 130 Å². The Morgan fingerprint density at radius 2 is 1.71 bits per heavy atom. The van der Waals surface area contributed by atoms with Gasteiger partial charge in [0.05, 0.1) is 17.8 Å². The van der Waals surface area contributed by atoms with E-state index in [0.717, 1.165) is 55.7 Å². The Kier molecular flexibility index (Phi) is 10.5. The van der Waals surface area contributed by atoms with Crippen molar-refractivity contribution in [3.63, 3.8) is 0 Å². The Hall–Kier alpha value is -2.91. The number of methoxy groups -OCH3 is 1. The summed E-state index contributed by atoms with van der Waals surface area (Å²) >= 11 is 1.37. The van der Waals surface area contributed by atoms with Crippen molar-refractivity contribution in [2.45, 2.75) is 21.9 Å². The molecule has 41 heavy (non-hydrogen) atoms. The number of nitrogens with zero attached hydrogens (tertiary/aromatic N) is 7. The van der Waals surface area contributed by atoms with Gasteiger partial charge < -0.3 is 24.8 Å². The maximum atomic E-state index is 12.7. The Labute approximate surface area is 247 Å². The van der Waals surface area contributed by atoms with Crippen LogP contribution >= 0.6 is 11.8 Å². The van der Waals surface area contributed by atoms with Crippen LogP contribution < -0.4 is 15.0 Å². The van der Waals surface area contributed by atoms with Gasteiger partial charge in [-0.1, -0.05) is 0 Å². The molecule has 1 aliphatic heterocycles. The number of aryl methyl sites for hydroxylation is 1. The van der Waals surface area contributed by atoms with Crippen LogP contribution in [0.5, 0.6) is 5.75 Å². The molecule has 1 fully saturated rings. The van der Waals surface area contributed by atoms with E-state index in [-0.39, 0.29) is 5.75 Å². The molecule has 224 valence electrons. The fraction of sp³-hybridized carbons (Fsp3) is 0.519. The first-order valence-corrected chi connectivity index (χ1v) is 16.0. The molecular weight excluding hydrogens is 562 g/mol. The minimum absolute atomic E-state index is 0.0710. The number of piperazine rings is 1. The summed E-state index contributed by atoms with van der Waals surface area (Å²) in [7, 11) is 6.17. The zero-order valence-corrected chi connectivity index (χ0v) is 26.3. The summed E-state index contributed by atoms with van der Waals surface area (Å²) in [5.41, 5.74) is 0.921. The van der Waals surface area contributed by atoms with Gasteiger partial charge in [-0.25, -0.2) is 18.4 Å². The van der Waals surface area contributed by atoms with Crippen LogP contribution in [0.2, 0.25) is 0 Å². The van der Waals surface area contributed by atoms with Crippen LogP contribution in [0.1, 0.15) is 5.69 Å². The third kappa shape index (κ3) is 8.55. The molecule has 2 aromatic heterocycles. The quantitative estimate of drug-likeness (QED) is 0.279. The lowest BCUT2D eigenvalue weighted by Crippen LogP contribution is -2.48. The first-order chi connectivity index (χ1) is 19.5. The molecule has 12 nitrogen and oxygen atoms in total. The Bertz CT molecular complexity index is 1390. The first kappa shape index (κ1) is 31.0. The van der Waals surface area contributed by atoms with Crippen LogP contribution in [0, 0.1) is 6.92 Å². The smallest absolute Gasteiger partial charge is 0.204 e. The molecule has 0 unspecified atom stereocenters. The number of benzene rings is 1. The SMILES string of the molecule is COc1c(Nc2cc(C)[nH]n2)nc(Sc2ccc(S(=O)(=O)CCN(C)C)cc2)nc1N1CCN(CCN(C)C)CC1. The maximum absolute atomic E-state index is 12.7. The van der Waals surface area contributed by atoms with Crippen LogP contribution in [0.4, 0.5) is 17.5 Å². The number of sulfone groups is 1. The number of ether oxygens (including phenoxy) is 1. The molecule has 0 spiro atoms. The van der Waals surface area contributed by atoms with Crippen LogP contribution in [0.3, 0.4) is 0 Å². The Morgan fingerprint density at radius 1 is 1.02 bits per heavy atom. The summed E-state index contributed by atoms with van der Waals surface area (Å²) in [6.07, 6.45) is 0. The van der Waals surface area contributed by atoms with Gasteiger partial charge >= 0.3 is 0 Å². The van der Waals surface area contributed by atoms with Gasteiger partial charge in [0.15, 0.2) is 32.4 Å². The van der Waals surface area contributed by atoms with Crippen molar-refractivity contribution in [3.8, 4) is 5.75 Å². The lowest BCUT2D eigenvalue weighted by molar-refractivity contribution is 0.228. The fourth-order valence-corrected chi connectivity index (χ4v) is 6.46. The van der Waals surface area contributed by atoms with Gasteiger partial charge in [0.1, 0.15) is 0 Å². The van der Waals surface area contributed by atoms with E-state index in [0.29, 0.717) is 34.0 Å². The second-order valence-electron chi connectivity index (χ2n) is 10.6. The van der Waals surface area contributed by atoms with Crippen LogP contribution in [0.15, 0.2) is 45.3 Å².